The van der Waals surface area contributed by atoms with Crippen molar-refractivity contribution in [3.05, 3.63) is 84.2 Å². The van der Waals surface area contributed by atoms with E-state index < -0.39 is 0 Å². The van der Waals surface area contributed by atoms with E-state index in [4.69, 9.17) is 0 Å². The van der Waals surface area contributed by atoms with Crippen LogP contribution in [0.1, 0.15) is 22.8 Å². The Morgan fingerprint density at radius 2 is 1.79 bits per heavy atom. The zero-order chi connectivity index (χ0) is 22.8. The monoisotopic (exact) mass is 439 g/mol. The van der Waals surface area contributed by atoms with E-state index in [1.165, 1.54) is 0 Å². The molecule has 1 saturated heterocycles. The number of benzene rings is 2. The van der Waals surface area contributed by atoms with Crippen molar-refractivity contribution in [2.45, 2.75) is 19.6 Å². The van der Waals surface area contributed by atoms with Crippen LogP contribution in [0.15, 0.2) is 73.1 Å². The van der Waals surface area contributed by atoms with Gasteiger partial charge >= 0.3 is 0 Å². The topological polar surface area (TPSA) is 82.5 Å². The van der Waals surface area contributed by atoms with Crippen LogP contribution in [0.2, 0.25) is 0 Å². The van der Waals surface area contributed by atoms with Crippen LogP contribution in [-0.4, -0.2) is 56.8 Å². The van der Waals surface area contributed by atoms with Crippen LogP contribution in [0.25, 0.3) is 22.0 Å². The normalized spacial score (nSPS) is 16.2. The number of nitrogens with zero attached hydrogens (tertiary/aromatic N) is 5. The van der Waals surface area contributed by atoms with Crippen molar-refractivity contribution in [3.8, 4) is 11.3 Å². The molecule has 0 saturated carbocycles. The first-order chi connectivity index (χ1) is 16.2. The molecule has 2 aromatic carbocycles. The highest BCUT2D eigenvalue weighted by Gasteiger charge is 2.29. The lowest BCUT2D eigenvalue weighted by Crippen LogP contribution is -2.54. The molecule has 166 valence electrons. The van der Waals surface area contributed by atoms with Crippen LogP contribution >= 0.6 is 0 Å². The highest BCUT2D eigenvalue weighted by molar-refractivity contribution is 6.00. The van der Waals surface area contributed by atoms with Gasteiger partial charge in [0.25, 0.3) is 5.91 Å². The molecule has 33 heavy (non-hydrogen) atoms. The molecule has 7 nitrogen and oxygen atoms in total. The van der Waals surface area contributed by atoms with E-state index >= 15 is 0 Å². The number of aliphatic hydroxyl groups excluding tert-OH is 1. The molecule has 3 heterocycles. The Bertz CT molecular complexity index is 1280. The Hall–Kier alpha value is -3.84. The summed E-state index contributed by atoms with van der Waals surface area (Å²) < 4.78 is 0. The van der Waals surface area contributed by atoms with Crippen LogP contribution in [0, 0.1) is 0 Å². The van der Waals surface area contributed by atoms with Crippen molar-refractivity contribution in [2.24, 2.45) is 0 Å². The van der Waals surface area contributed by atoms with E-state index in [-0.39, 0.29) is 18.6 Å². The third kappa shape index (κ3) is 4.03. The standard InChI is InChI=1S/C26H25N5O2/c1-18-16-30(26(33)21-5-3-2-4-6-21)13-14-31(18)25-23-15-27-12-11-22(23)24(28-29-25)20-9-7-19(17-32)8-10-20/h2-12,15,18,32H,13-14,16-17H2,1H3. The van der Waals surface area contributed by atoms with Crippen LogP contribution in [0.3, 0.4) is 0 Å². The number of aromatic nitrogens is 3. The van der Waals surface area contributed by atoms with Gasteiger partial charge in [0.1, 0.15) is 5.69 Å². The number of carbonyl (C=O) groups excluding carboxylic acids is 1. The van der Waals surface area contributed by atoms with Gasteiger partial charge in [-0.15, -0.1) is 10.2 Å². The Kier molecular flexibility index (Phi) is 5.71. The second kappa shape index (κ2) is 8.96. The third-order valence-corrected chi connectivity index (χ3v) is 6.18. The molecule has 1 aliphatic rings. The maximum Gasteiger partial charge on any atom is 0.253 e. The Labute approximate surface area is 192 Å². The zero-order valence-corrected chi connectivity index (χ0v) is 18.4. The van der Waals surface area contributed by atoms with Gasteiger partial charge in [-0.25, -0.2) is 0 Å². The second-order valence-electron chi connectivity index (χ2n) is 8.31. The second-order valence-corrected chi connectivity index (χ2v) is 8.31. The lowest BCUT2D eigenvalue weighted by atomic mass is 10.0. The minimum atomic E-state index is 0.00616. The van der Waals surface area contributed by atoms with Gasteiger partial charge < -0.3 is 14.9 Å². The summed E-state index contributed by atoms with van der Waals surface area (Å²) in [5, 5.41) is 20.4. The number of rotatable bonds is 4. The van der Waals surface area contributed by atoms with E-state index in [9.17, 15) is 9.90 Å². The molecule has 1 fully saturated rings. The first-order valence-corrected chi connectivity index (χ1v) is 11.1. The van der Waals surface area contributed by atoms with Crippen molar-refractivity contribution in [1.29, 1.82) is 0 Å². The minimum absolute atomic E-state index is 0.00616. The molecule has 1 atom stereocenters. The lowest BCUT2D eigenvalue weighted by Gasteiger charge is -2.40. The first kappa shape index (κ1) is 21.0. The number of carbonyl (C=O) groups is 1. The largest absolute Gasteiger partial charge is 0.392 e. The molecule has 1 N–H and O–H groups in total. The van der Waals surface area contributed by atoms with E-state index in [0.29, 0.717) is 25.2 Å². The fraction of sp³-hybridized carbons (Fsp3) is 0.231. The Morgan fingerprint density at radius 3 is 2.52 bits per heavy atom. The van der Waals surface area contributed by atoms with E-state index in [2.05, 4.69) is 27.0 Å². The smallest absolute Gasteiger partial charge is 0.253 e. The molecule has 1 aliphatic heterocycles. The van der Waals surface area contributed by atoms with E-state index in [1.54, 1.807) is 6.20 Å². The molecule has 0 spiro atoms. The van der Waals surface area contributed by atoms with Gasteiger partial charge in [-0.3, -0.25) is 9.78 Å². The lowest BCUT2D eigenvalue weighted by molar-refractivity contribution is 0.0726. The third-order valence-electron chi connectivity index (χ3n) is 6.18. The van der Waals surface area contributed by atoms with Gasteiger partial charge in [-0.05, 0) is 30.7 Å². The summed E-state index contributed by atoms with van der Waals surface area (Å²) in [4.78, 5) is 21.4. The molecule has 5 rings (SSSR count). The van der Waals surface area contributed by atoms with Crippen molar-refractivity contribution < 1.29 is 9.90 Å². The fourth-order valence-corrected chi connectivity index (χ4v) is 4.40. The molecule has 4 aromatic rings. The maximum absolute atomic E-state index is 12.9. The highest BCUT2D eigenvalue weighted by Crippen LogP contribution is 2.32. The molecule has 0 bridgehead atoms. The average molecular weight is 440 g/mol. The van der Waals surface area contributed by atoms with Crippen LogP contribution in [0.4, 0.5) is 5.82 Å². The summed E-state index contributed by atoms with van der Waals surface area (Å²) >= 11 is 0. The number of amides is 1. The molecular weight excluding hydrogens is 414 g/mol. The van der Waals surface area contributed by atoms with Gasteiger partial charge in [-0.2, -0.15) is 0 Å². The number of hydrogen-bond donors (Lipinski definition) is 1. The Morgan fingerprint density at radius 1 is 1.00 bits per heavy atom. The van der Waals surface area contributed by atoms with Crippen molar-refractivity contribution in [3.63, 3.8) is 0 Å². The van der Waals surface area contributed by atoms with Crippen LogP contribution in [-0.2, 0) is 6.61 Å². The first-order valence-electron chi connectivity index (χ1n) is 11.1. The van der Waals surface area contributed by atoms with Crippen LogP contribution in [0.5, 0.6) is 0 Å². The number of piperazine rings is 1. The van der Waals surface area contributed by atoms with Gasteiger partial charge in [0, 0.05) is 60.0 Å². The molecule has 2 aromatic heterocycles. The van der Waals surface area contributed by atoms with Crippen LogP contribution < -0.4 is 4.90 Å². The van der Waals surface area contributed by atoms with E-state index in [1.807, 2.05) is 71.8 Å². The minimum Gasteiger partial charge on any atom is -0.392 e. The Balaban J connectivity index is 1.44. The molecule has 1 amide bonds. The molecular formula is C26H25N5O2. The van der Waals surface area contributed by atoms with Gasteiger partial charge in [0.2, 0.25) is 0 Å². The van der Waals surface area contributed by atoms with Crippen molar-refractivity contribution in [1.82, 2.24) is 20.1 Å². The number of pyridine rings is 1. The number of hydrogen-bond acceptors (Lipinski definition) is 6. The molecule has 0 aliphatic carbocycles. The summed E-state index contributed by atoms with van der Waals surface area (Å²) in [6.45, 7) is 4.01. The summed E-state index contributed by atoms with van der Waals surface area (Å²) in [5.41, 5.74) is 3.29. The predicted molar refractivity (Wildman–Crippen MR) is 128 cm³/mol. The number of aliphatic hydroxyl groups is 1. The summed E-state index contributed by atoms with van der Waals surface area (Å²) in [5.74, 6) is 0.842. The van der Waals surface area contributed by atoms with Gasteiger partial charge in [-0.1, -0.05) is 42.5 Å². The molecule has 1 unspecified atom stereocenters. The highest BCUT2D eigenvalue weighted by atomic mass is 16.3. The zero-order valence-electron chi connectivity index (χ0n) is 18.4. The number of anilines is 1. The summed E-state index contributed by atoms with van der Waals surface area (Å²) in [7, 11) is 0. The summed E-state index contributed by atoms with van der Waals surface area (Å²) in [6, 6.07) is 19.1. The van der Waals surface area contributed by atoms with Gasteiger partial charge in [0.05, 0.1) is 6.61 Å². The van der Waals surface area contributed by atoms with Crippen molar-refractivity contribution in [2.75, 3.05) is 24.5 Å². The molecule has 0 radical (unpaired) electrons. The predicted octanol–water partition coefficient (Wildman–Crippen LogP) is 3.54. The average Bonchev–Trinajstić information content (AvgIpc) is 2.88. The van der Waals surface area contributed by atoms with Crippen molar-refractivity contribution >= 4 is 22.5 Å². The SMILES string of the molecule is CC1CN(C(=O)c2ccccc2)CCN1c1nnc(-c2ccc(CO)cc2)c2ccncc12. The summed E-state index contributed by atoms with van der Waals surface area (Å²) in [6.07, 6.45) is 3.60. The molecule has 7 heteroatoms. The van der Waals surface area contributed by atoms with E-state index in [0.717, 1.165) is 33.4 Å². The quantitative estimate of drug-likeness (QED) is 0.524. The maximum atomic E-state index is 12.9. The van der Waals surface area contributed by atoms with Gasteiger partial charge in [0.15, 0.2) is 5.82 Å². The fourth-order valence-electron chi connectivity index (χ4n) is 4.40. The number of fused-ring (bicyclic) bond motifs is 1.